The lowest BCUT2D eigenvalue weighted by Gasteiger charge is -2.08. The molecule has 0 fully saturated rings. The molecule has 0 bridgehead atoms. The van der Waals surface area contributed by atoms with Gasteiger partial charge in [-0.05, 0) is 44.0 Å². The highest BCUT2D eigenvalue weighted by Crippen LogP contribution is 2.28. The smallest absolute Gasteiger partial charge is 0.321 e. The number of carbonyl (C=O) groups excluding carboxylic acids is 1. The van der Waals surface area contributed by atoms with Crippen LogP contribution in [-0.4, -0.2) is 35.6 Å². The predicted molar refractivity (Wildman–Crippen MR) is 130 cm³/mol. The van der Waals surface area contributed by atoms with E-state index in [0.717, 1.165) is 22.5 Å². The third-order valence-corrected chi connectivity index (χ3v) is 6.63. The number of aryl methyl sites for hydroxylation is 3. The number of aromatic nitrogens is 6. The van der Waals surface area contributed by atoms with Crippen LogP contribution in [0.2, 0.25) is 0 Å². The largest absolute Gasteiger partial charge is 0.442 e. The van der Waals surface area contributed by atoms with Gasteiger partial charge in [0, 0.05) is 18.1 Å². The Labute approximate surface area is 201 Å². The molecule has 2 N–H and O–H groups in total. The lowest BCUT2D eigenvalue weighted by molar-refractivity contribution is 0.103. The summed E-state index contributed by atoms with van der Waals surface area (Å²) in [5.74, 6) is -0.566. The maximum Gasteiger partial charge on any atom is 0.442 e. The third kappa shape index (κ3) is 4.15. The minimum absolute atomic E-state index is 0.106. The SMILES string of the molecule is Cc1ccc(NC(=O)c2sc3nc(Cn4c(-c5ncccn5)noc4=O)[nH]c(=O)c3c2C)c(C)c1. The van der Waals surface area contributed by atoms with Gasteiger partial charge in [0.05, 0.1) is 16.8 Å². The van der Waals surface area contributed by atoms with Gasteiger partial charge in [-0.2, -0.15) is 0 Å². The van der Waals surface area contributed by atoms with Gasteiger partial charge in [-0.1, -0.05) is 22.9 Å². The fourth-order valence-electron chi connectivity index (χ4n) is 3.75. The Hall–Kier alpha value is -4.45. The summed E-state index contributed by atoms with van der Waals surface area (Å²) >= 11 is 1.11. The van der Waals surface area contributed by atoms with Crippen molar-refractivity contribution in [2.24, 2.45) is 0 Å². The summed E-state index contributed by atoms with van der Waals surface area (Å²) in [6.07, 6.45) is 3.02. The molecule has 11 nitrogen and oxygen atoms in total. The van der Waals surface area contributed by atoms with Gasteiger partial charge in [-0.3, -0.25) is 14.1 Å². The molecule has 5 aromatic rings. The number of H-pyrrole nitrogens is 1. The number of nitrogens with one attached hydrogen (secondary N) is 2. The maximum atomic E-state index is 13.0. The summed E-state index contributed by atoms with van der Waals surface area (Å²) in [5.41, 5.74) is 2.85. The van der Waals surface area contributed by atoms with E-state index in [9.17, 15) is 14.4 Å². The predicted octanol–water partition coefficient (Wildman–Crippen LogP) is 2.82. The molecule has 4 heterocycles. The monoisotopic (exact) mass is 489 g/mol. The summed E-state index contributed by atoms with van der Waals surface area (Å²) < 4.78 is 5.95. The van der Waals surface area contributed by atoms with Gasteiger partial charge in [0.2, 0.25) is 5.82 Å². The van der Waals surface area contributed by atoms with Gasteiger partial charge in [-0.15, -0.1) is 11.3 Å². The van der Waals surface area contributed by atoms with Crippen LogP contribution >= 0.6 is 11.3 Å². The molecule has 5 rings (SSSR count). The molecule has 1 amide bonds. The molecule has 0 atom stereocenters. The van der Waals surface area contributed by atoms with E-state index in [1.807, 2.05) is 32.0 Å². The van der Waals surface area contributed by atoms with Crippen LogP contribution in [0.5, 0.6) is 0 Å². The van der Waals surface area contributed by atoms with Gasteiger partial charge in [0.15, 0.2) is 5.82 Å². The summed E-state index contributed by atoms with van der Waals surface area (Å²) in [7, 11) is 0. The number of thiophene rings is 1. The number of rotatable bonds is 5. The quantitative estimate of drug-likeness (QED) is 0.383. The molecule has 0 unspecified atom stereocenters. The van der Waals surface area contributed by atoms with Gasteiger partial charge < -0.3 is 10.3 Å². The number of aromatic amines is 1. The van der Waals surface area contributed by atoms with Crippen molar-refractivity contribution in [3.63, 3.8) is 0 Å². The van der Waals surface area contributed by atoms with Gasteiger partial charge in [0.25, 0.3) is 11.5 Å². The topological polar surface area (TPSA) is 149 Å². The highest BCUT2D eigenvalue weighted by molar-refractivity contribution is 7.20. The number of fused-ring (bicyclic) bond motifs is 1. The zero-order valence-electron chi connectivity index (χ0n) is 18.9. The number of carbonyl (C=O) groups is 1. The van der Waals surface area contributed by atoms with E-state index in [1.54, 1.807) is 13.0 Å². The molecule has 0 spiro atoms. The van der Waals surface area contributed by atoms with Crippen LogP contribution in [0, 0.1) is 20.8 Å². The van der Waals surface area contributed by atoms with E-state index < -0.39 is 11.3 Å². The Morgan fingerprint density at radius 3 is 2.69 bits per heavy atom. The van der Waals surface area contributed by atoms with Crippen LogP contribution in [0.3, 0.4) is 0 Å². The van der Waals surface area contributed by atoms with Crippen molar-refractivity contribution >= 4 is 33.1 Å². The minimum atomic E-state index is -0.744. The molecular formula is C23H19N7O4S. The maximum absolute atomic E-state index is 13.0. The minimum Gasteiger partial charge on any atom is -0.321 e. The first-order chi connectivity index (χ1) is 16.8. The average molecular weight is 490 g/mol. The first kappa shape index (κ1) is 22.3. The highest BCUT2D eigenvalue weighted by Gasteiger charge is 2.21. The van der Waals surface area contributed by atoms with E-state index >= 15 is 0 Å². The molecule has 0 saturated carbocycles. The third-order valence-electron chi connectivity index (χ3n) is 5.45. The van der Waals surface area contributed by atoms with E-state index in [0.29, 0.717) is 26.3 Å². The van der Waals surface area contributed by atoms with Crippen molar-refractivity contribution < 1.29 is 9.32 Å². The fourth-order valence-corrected chi connectivity index (χ4v) is 4.84. The van der Waals surface area contributed by atoms with Crippen LogP contribution in [-0.2, 0) is 6.54 Å². The molecule has 176 valence electrons. The second-order valence-electron chi connectivity index (χ2n) is 7.95. The van der Waals surface area contributed by atoms with Crippen LogP contribution in [0.4, 0.5) is 5.69 Å². The summed E-state index contributed by atoms with van der Waals surface area (Å²) in [5, 5.41) is 6.98. The first-order valence-electron chi connectivity index (χ1n) is 10.6. The Morgan fingerprint density at radius 1 is 1.17 bits per heavy atom. The second-order valence-corrected chi connectivity index (χ2v) is 8.95. The van der Waals surface area contributed by atoms with E-state index in [1.165, 1.54) is 17.0 Å². The van der Waals surface area contributed by atoms with Crippen LogP contribution in [0.1, 0.15) is 32.2 Å². The highest BCUT2D eigenvalue weighted by atomic mass is 32.1. The summed E-state index contributed by atoms with van der Waals surface area (Å²) in [4.78, 5) is 54.3. The van der Waals surface area contributed by atoms with Gasteiger partial charge in [-0.25, -0.2) is 24.3 Å². The molecule has 1 aromatic carbocycles. The summed E-state index contributed by atoms with van der Waals surface area (Å²) in [6, 6.07) is 7.37. The Balaban J connectivity index is 1.50. The van der Waals surface area contributed by atoms with Gasteiger partial charge >= 0.3 is 5.76 Å². The average Bonchev–Trinajstić information content (AvgIpc) is 3.36. The molecule has 4 aromatic heterocycles. The lowest BCUT2D eigenvalue weighted by Crippen LogP contribution is -2.21. The lowest BCUT2D eigenvalue weighted by atomic mass is 10.1. The number of anilines is 1. The number of benzene rings is 1. The molecular weight excluding hydrogens is 470 g/mol. The Morgan fingerprint density at radius 2 is 1.94 bits per heavy atom. The van der Waals surface area contributed by atoms with Crippen molar-refractivity contribution in [3.05, 3.63) is 85.0 Å². The van der Waals surface area contributed by atoms with Crippen LogP contribution in [0.15, 0.2) is 50.8 Å². The van der Waals surface area contributed by atoms with Crippen molar-refractivity contribution in [3.8, 4) is 11.6 Å². The van der Waals surface area contributed by atoms with Crippen LogP contribution in [0.25, 0.3) is 21.9 Å². The number of nitrogens with zero attached hydrogens (tertiary/aromatic N) is 5. The zero-order chi connectivity index (χ0) is 24.7. The van der Waals surface area contributed by atoms with Crippen molar-refractivity contribution in [1.29, 1.82) is 0 Å². The molecule has 35 heavy (non-hydrogen) atoms. The molecule has 0 aliphatic heterocycles. The molecule has 0 aliphatic carbocycles. The standard InChI is InChI=1S/C23H19N7O4S/c1-11-5-6-14(12(2)9-11)26-21(32)17-13(3)16-20(31)27-15(28-22(16)35-17)10-30-19(29-34-23(30)33)18-24-7-4-8-25-18/h4-9H,10H2,1-3H3,(H,26,32)(H,27,28,31). The summed E-state index contributed by atoms with van der Waals surface area (Å²) in [6.45, 7) is 5.48. The number of hydrogen-bond donors (Lipinski definition) is 2. The molecule has 0 aliphatic rings. The Bertz CT molecular complexity index is 1700. The molecule has 0 radical (unpaired) electrons. The molecule has 12 heteroatoms. The van der Waals surface area contributed by atoms with E-state index in [4.69, 9.17) is 4.52 Å². The molecule has 0 saturated heterocycles. The first-order valence-corrected chi connectivity index (χ1v) is 11.4. The fraction of sp³-hybridized carbons (Fsp3) is 0.174. The zero-order valence-corrected chi connectivity index (χ0v) is 19.8. The van der Waals surface area contributed by atoms with Crippen molar-refractivity contribution in [1.82, 2.24) is 29.7 Å². The van der Waals surface area contributed by atoms with Gasteiger partial charge in [0.1, 0.15) is 10.7 Å². The number of hydrogen-bond acceptors (Lipinski definition) is 9. The second kappa shape index (κ2) is 8.72. The van der Waals surface area contributed by atoms with E-state index in [-0.39, 0.29) is 29.9 Å². The van der Waals surface area contributed by atoms with Crippen molar-refractivity contribution in [2.75, 3.05) is 5.32 Å². The van der Waals surface area contributed by atoms with Crippen LogP contribution < -0.4 is 16.6 Å². The number of amides is 1. The Kier molecular flexibility index (Phi) is 5.57. The van der Waals surface area contributed by atoms with Crippen molar-refractivity contribution in [2.45, 2.75) is 27.3 Å². The van der Waals surface area contributed by atoms with E-state index in [2.05, 4.69) is 30.4 Å². The normalized spacial score (nSPS) is 11.2.